The quantitative estimate of drug-likeness (QED) is 0.929. The molecule has 3 rings (SSSR count). The normalized spacial score (nSPS) is 15.8. The molecule has 0 radical (unpaired) electrons. The van der Waals surface area contributed by atoms with Gasteiger partial charge in [-0.1, -0.05) is 42.0 Å². The second-order valence-electron chi connectivity index (χ2n) is 6.37. The molecule has 5 nitrogen and oxygen atoms in total. The number of carbonyl (C=O) groups is 1. The fraction of sp³-hybridized carbons (Fsp3) is 0.350. The molecule has 0 saturated carbocycles. The van der Waals surface area contributed by atoms with E-state index >= 15 is 0 Å². The zero-order valence-electron chi connectivity index (χ0n) is 14.8. The molecule has 0 bridgehead atoms. The van der Waals surface area contributed by atoms with Crippen LogP contribution >= 0.6 is 0 Å². The third-order valence-electron chi connectivity index (χ3n) is 4.72. The van der Waals surface area contributed by atoms with E-state index in [1.165, 1.54) is 0 Å². The highest BCUT2D eigenvalue weighted by Crippen LogP contribution is 2.28. The maximum absolute atomic E-state index is 12.7. The van der Waals surface area contributed by atoms with Crippen LogP contribution in [0.3, 0.4) is 0 Å². The largest absolute Gasteiger partial charge is 0.495 e. The summed E-state index contributed by atoms with van der Waals surface area (Å²) in [5, 5.41) is 0. The molecule has 1 fully saturated rings. The van der Waals surface area contributed by atoms with Crippen molar-refractivity contribution in [3.63, 3.8) is 0 Å². The minimum atomic E-state index is -0.599. The summed E-state index contributed by atoms with van der Waals surface area (Å²) in [4.78, 5) is 16.8. The number of amides is 1. The fourth-order valence-corrected chi connectivity index (χ4v) is 3.17. The van der Waals surface area contributed by atoms with Gasteiger partial charge in [-0.3, -0.25) is 4.79 Å². The first kappa shape index (κ1) is 17.3. The van der Waals surface area contributed by atoms with Crippen LogP contribution in [0.15, 0.2) is 48.5 Å². The number of aryl methyl sites for hydroxylation is 1. The zero-order chi connectivity index (χ0) is 17.8. The minimum Gasteiger partial charge on any atom is -0.495 e. The Balaban J connectivity index is 1.63. The molecule has 132 valence electrons. The maximum atomic E-state index is 12.7. The van der Waals surface area contributed by atoms with Crippen LogP contribution < -0.4 is 15.4 Å². The molecule has 2 aromatic carbocycles. The molecule has 5 heteroatoms. The van der Waals surface area contributed by atoms with Crippen molar-refractivity contribution in [2.45, 2.75) is 13.0 Å². The van der Waals surface area contributed by atoms with Gasteiger partial charge in [0, 0.05) is 26.2 Å². The SMILES string of the molecule is COc1ccccc1N1CCN(C(=O)C(N)c2ccc(C)cc2)CC1. The summed E-state index contributed by atoms with van der Waals surface area (Å²) < 4.78 is 5.44. The monoisotopic (exact) mass is 339 g/mol. The van der Waals surface area contributed by atoms with Crippen LogP contribution in [-0.2, 0) is 4.79 Å². The molecule has 0 aliphatic carbocycles. The van der Waals surface area contributed by atoms with Crippen LogP contribution in [0.1, 0.15) is 17.2 Å². The Morgan fingerprint density at radius 2 is 1.68 bits per heavy atom. The molecular weight excluding hydrogens is 314 g/mol. The molecule has 1 heterocycles. The number of hydrogen-bond donors (Lipinski definition) is 1. The number of rotatable bonds is 4. The number of piperazine rings is 1. The summed E-state index contributed by atoms with van der Waals surface area (Å²) in [6.07, 6.45) is 0. The van der Waals surface area contributed by atoms with Crippen molar-refractivity contribution in [2.24, 2.45) is 5.73 Å². The van der Waals surface area contributed by atoms with Crippen LogP contribution in [0, 0.1) is 6.92 Å². The number of hydrogen-bond acceptors (Lipinski definition) is 4. The van der Waals surface area contributed by atoms with E-state index in [1.807, 2.05) is 60.4 Å². The summed E-state index contributed by atoms with van der Waals surface area (Å²) in [6, 6.07) is 15.2. The second kappa shape index (κ2) is 7.57. The lowest BCUT2D eigenvalue weighted by Gasteiger charge is -2.37. The molecule has 2 aromatic rings. The summed E-state index contributed by atoms with van der Waals surface area (Å²) >= 11 is 0. The Morgan fingerprint density at radius 1 is 1.04 bits per heavy atom. The van der Waals surface area contributed by atoms with Gasteiger partial charge < -0.3 is 20.3 Å². The van der Waals surface area contributed by atoms with Crippen LogP contribution in [-0.4, -0.2) is 44.1 Å². The number of para-hydroxylation sites is 2. The average Bonchev–Trinajstić information content (AvgIpc) is 2.67. The first-order valence-corrected chi connectivity index (χ1v) is 8.59. The van der Waals surface area contributed by atoms with Gasteiger partial charge in [0.2, 0.25) is 5.91 Å². The Hall–Kier alpha value is -2.53. The van der Waals surface area contributed by atoms with Crippen molar-refractivity contribution in [1.29, 1.82) is 0 Å². The van der Waals surface area contributed by atoms with Gasteiger partial charge in [0.15, 0.2) is 0 Å². The third kappa shape index (κ3) is 3.77. The highest BCUT2D eigenvalue weighted by Gasteiger charge is 2.27. The minimum absolute atomic E-state index is 0.0106. The van der Waals surface area contributed by atoms with Crippen molar-refractivity contribution >= 4 is 11.6 Å². The predicted molar refractivity (Wildman–Crippen MR) is 99.9 cm³/mol. The van der Waals surface area contributed by atoms with E-state index in [1.54, 1.807) is 7.11 Å². The Morgan fingerprint density at radius 3 is 2.32 bits per heavy atom. The Kier molecular flexibility index (Phi) is 5.24. The molecule has 1 unspecified atom stereocenters. The topological polar surface area (TPSA) is 58.8 Å². The number of nitrogens with two attached hydrogens (primary N) is 1. The first-order valence-electron chi connectivity index (χ1n) is 8.59. The standard InChI is InChI=1S/C20H25N3O2/c1-15-7-9-16(10-8-15)19(21)20(24)23-13-11-22(12-14-23)17-5-3-4-6-18(17)25-2/h3-10,19H,11-14,21H2,1-2H3. The van der Waals surface area contributed by atoms with E-state index in [2.05, 4.69) is 4.90 Å². The first-order chi connectivity index (χ1) is 12.1. The Bertz CT molecular complexity index is 722. The van der Waals surface area contributed by atoms with Crippen LogP contribution in [0.25, 0.3) is 0 Å². The van der Waals surface area contributed by atoms with Crippen LogP contribution in [0.4, 0.5) is 5.69 Å². The molecule has 2 N–H and O–H groups in total. The lowest BCUT2D eigenvalue weighted by molar-refractivity contribution is -0.133. The van der Waals surface area contributed by atoms with E-state index in [9.17, 15) is 4.79 Å². The van der Waals surface area contributed by atoms with E-state index in [0.717, 1.165) is 35.7 Å². The molecule has 1 amide bonds. The summed E-state index contributed by atoms with van der Waals surface area (Å²) in [5.41, 5.74) is 9.28. The maximum Gasteiger partial charge on any atom is 0.244 e. The molecular formula is C20H25N3O2. The molecule has 25 heavy (non-hydrogen) atoms. The van der Waals surface area contributed by atoms with E-state index in [0.29, 0.717) is 13.1 Å². The number of nitrogens with zero attached hydrogens (tertiary/aromatic N) is 2. The third-order valence-corrected chi connectivity index (χ3v) is 4.72. The number of anilines is 1. The Labute approximate surface area is 149 Å². The summed E-state index contributed by atoms with van der Waals surface area (Å²) in [7, 11) is 1.68. The lowest BCUT2D eigenvalue weighted by atomic mass is 10.0. The predicted octanol–water partition coefficient (Wildman–Crippen LogP) is 2.35. The molecule has 1 atom stereocenters. The highest BCUT2D eigenvalue weighted by atomic mass is 16.5. The fourth-order valence-electron chi connectivity index (χ4n) is 3.17. The smallest absolute Gasteiger partial charge is 0.244 e. The number of carbonyl (C=O) groups excluding carboxylic acids is 1. The molecule has 1 saturated heterocycles. The average molecular weight is 339 g/mol. The molecule has 1 aliphatic heterocycles. The molecule has 0 spiro atoms. The number of methoxy groups -OCH3 is 1. The zero-order valence-corrected chi connectivity index (χ0v) is 14.8. The van der Waals surface area contributed by atoms with Crippen molar-refractivity contribution in [3.05, 3.63) is 59.7 Å². The van der Waals surface area contributed by atoms with Crippen LogP contribution in [0.2, 0.25) is 0 Å². The van der Waals surface area contributed by atoms with E-state index in [-0.39, 0.29) is 5.91 Å². The van der Waals surface area contributed by atoms with Crippen molar-refractivity contribution < 1.29 is 9.53 Å². The van der Waals surface area contributed by atoms with Crippen molar-refractivity contribution in [2.75, 3.05) is 38.2 Å². The van der Waals surface area contributed by atoms with Gasteiger partial charge in [0.1, 0.15) is 11.8 Å². The van der Waals surface area contributed by atoms with Gasteiger partial charge in [-0.2, -0.15) is 0 Å². The summed E-state index contributed by atoms with van der Waals surface area (Å²) in [6.45, 7) is 4.89. The van der Waals surface area contributed by atoms with Gasteiger partial charge in [0.05, 0.1) is 12.8 Å². The van der Waals surface area contributed by atoms with Crippen molar-refractivity contribution in [1.82, 2.24) is 4.90 Å². The van der Waals surface area contributed by atoms with Gasteiger partial charge in [-0.05, 0) is 24.6 Å². The second-order valence-corrected chi connectivity index (χ2v) is 6.37. The molecule has 0 aromatic heterocycles. The van der Waals surface area contributed by atoms with Crippen LogP contribution in [0.5, 0.6) is 5.75 Å². The summed E-state index contributed by atoms with van der Waals surface area (Å²) in [5.74, 6) is 0.849. The van der Waals surface area contributed by atoms with Gasteiger partial charge >= 0.3 is 0 Å². The van der Waals surface area contributed by atoms with E-state index < -0.39 is 6.04 Å². The lowest BCUT2D eigenvalue weighted by Crippen LogP contribution is -2.51. The van der Waals surface area contributed by atoms with E-state index in [4.69, 9.17) is 10.5 Å². The number of ether oxygens (including phenoxy) is 1. The van der Waals surface area contributed by atoms with Gasteiger partial charge in [0.25, 0.3) is 0 Å². The van der Waals surface area contributed by atoms with Crippen molar-refractivity contribution in [3.8, 4) is 5.75 Å². The highest BCUT2D eigenvalue weighted by molar-refractivity contribution is 5.83. The number of benzene rings is 2. The van der Waals surface area contributed by atoms with Gasteiger partial charge in [-0.15, -0.1) is 0 Å². The van der Waals surface area contributed by atoms with Gasteiger partial charge in [-0.25, -0.2) is 0 Å². The molecule has 1 aliphatic rings.